The molecule has 1 aliphatic heterocycles. The number of carbonyl (C=O) groups is 1. The third-order valence-corrected chi connectivity index (χ3v) is 5.63. The van der Waals surface area contributed by atoms with Gasteiger partial charge in [0.1, 0.15) is 12.4 Å². The zero-order valence-electron chi connectivity index (χ0n) is 18.1. The van der Waals surface area contributed by atoms with Gasteiger partial charge in [0.25, 0.3) is 0 Å². The van der Waals surface area contributed by atoms with E-state index in [1.807, 2.05) is 36.0 Å². The zero-order chi connectivity index (χ0) is 23.3. The van der Waals surface area contributed by atoms with Crippen LogP contribution in [0, 0.1) is 0 Å². The van der Waals surface area contributed by atoms with Gasteiger partial charge >= 0.3 is 5.97 Å². The van der Waals surface area contributed by atoms with Gasteiger partial charge in [-0.3, -0.25) is 0 Å². The molecule has 0 saturated heterocycles. The average Bonchev–Trinajstić information content (AvgIpc) is 2.80. The number of carboxylic acid groups (broad SMARTS) is 1. The molecule has 0 bridgehead atoms. The molecule has 32 heavy (non-hydrogen) atoms. The number of guanidine groups is 1. The maximum atomic E-state index is 11.2. The van der Waals surface area contributed by atoms with Gasteiger partial charge in [-0.15, -0.1) is 16.9 Å². The molecule has 2 aromatic rings. The second-order valence-corrected chi connectivity index (χ2v) is 7.97. The van der Waals surface area contributed by atoms with Crippen LogP contribution < -0.4 is 26.9 Å². The summed E-state index contributed by atoms with van der Waals surface area (Å²) in [5.41, 5.74) is 11.6. The number of aliphatic carboxylic acids is 1. The van der Waals surface area contributed by atoms with Gasteiger partial charge in [-0.2, -0.15) is 0 Å². The molecule has 9 nitrogen and oxygen atoms in total. The molecule has 174 valence electrons. The number of nitrogens with zero attached hydrogens (tertiary/aromatic N) is 2. The third kappa shape index (κ3) is 8.20. The van der Waals surface area contributed by atoms with Crippen molar-refractivity contribution in [1.82, 2.24) is 0 Å². The van der Waals surface area contributed by atoms with E-state index < -0.39 is 12.1 Å². The number of ether oxygens (including phenoxy) is 2. The lowest BCUT2D eigenvalue weighted by Gasteiger charge is -2.30. The molecule has 2 aromatic carbocycles. The first kappa shape index (κ1) is 25.2. The fraction of sp³-hybridized carbons (Fsp3) is 0.364. The van der Waals surface area contributed by atoms with Crippen LogP contribution in [0.4, 0.5) is 5.69 Å². The molecule has 0 fully saturated rings. The quantitative estimate of drug-likeness (QED) is 0.190. The molecule has 0 saturated carbocycles. The van der Waals surface area contributed by atoms with Crippen LogP contribution in [0.2, 0.25) is 0 Å². The Morgan fingerprint density at radius 1 is 1.22 bits per heavy atom. The van der Waals surface area contributed by atoms with Crippen LogP contribution in [0.15, 0.2) is 58.5 Å². The van der Waals surface area contributed by atoms with Crippen molar-refractivity contribution in [1.29, 1.82) is 0 Å². The summed E-state index contributed by atoms with van der Waals surface area (Å²) in [5, 5.41) is 12.0. The highest BCUT2D eigenvalue weighted by atomic mass is 32.2. The van der Waals surface area contributed by atoms with Gasteiger partial charge in [-0.25, -0.2) is 4.79 Å². The summed E-state index contributed by atoms with van der Waals surface area (Å²) in [7, 11) is 0. The van der Waals surface area contributed by atoms with E-state index in [1.165, 1.54) is 10.6 Å². The maximum absolute atomic E-state index is 11.2. The summed E-state index contributed by atoms with van der Waals surface area (Å²) in [6, 6.07) is 16.1. The number of nitrogens with two attached hydrogens (primary N) is 3. The Bertz CT molecular complexity index is 875. The number of hydrogen-bond acceptors (Lipinski definition) is 7. The number of para-hydroxylation sites is 1. The minimum Gasteiger partial charge on any atom is -0.492 e. The predicted octanol–water partition coefficient (Wildman–Crippen LogP) is 1.84. The molecule has 0 radical (unpaired) electrons. The fourth-order valence-corrected chi connectivity index (χ4v) is 4.14. The molecular formula is C22H31N5O4S. The van der Waals surface area contributed by atoms with Crippen LogP contribution in [-0.2, 0) is 16.0 Å². The number of carboxylic acids is 1. The summed E-state index contributed by atoms with van der Waals surface area (Å²) < 4.78 is 11.1. The van der Waals surface area contributed by atoms with Crippen molar-refractivity contribution in [2.24, 2.45) is 22.4 Å². The summed E-state index contributed by atoms with van der Waals surface area (Å²) in [4.78, 5) is 14.9. The molecular weight excluding hydrogens is 430 g/mol. The van der Waals surface area contributed by atoms with Crippen molar-refractivity contribution in [3.05, 3.63) is 54.1 Å². The van der Waals surface area contributed by atoms with Gasteiger partial charge in [-0.1, -0.05) is 24.3 Å². The molecule has 0 unspecified atom stereocenters. The van der Waals surface area contributed by atoms with Crippen molar-refractivity contribution in [2.45, 2.75) is 24.3 Å². The van der Waals surface area contributed by atoms with E-state index in [0.29, 0.717) is 19.6 Å². The number of hydrazone groups is 1. The number of benzene rings is 2. The summed E-state index contributed by atoms with van der Waals surface area (Å²) >= 11 is 1.90. The van der Waals surface area contributed by atoms with E-state index in [2.05, 4.69) is 40.1 Å². The first-order valence-electron chi connectivity index (χ1n) is 10.3. The maximum Gasteiger partial charge on any atom is 0.333 e. The first-order chi connectivity index (χ1) is 15.4. The lowest BCUT2D eigenvalue weighted by molar-refractivity contribution is -0.149. The highest BCUT2D eigenvalue weighted by Gasteiger charge is 2.18. The van der Waals surface area contributed by atoms with Crippen LogP contribution in [0.1, 0.15) is 12.5 Å². The second kappa shape index (κ2) is 13.3. The Morgan fingerprint density at radius 3 is 2.53 bits per heavy atom. The van der Waals surface area contributed by atoms with Gasteiger partial charge < -0.3 is 36.8 Å². The van der Waals surface area contributed by atoms with Crippen LogP contribution >= 0.6 is 11.8 Å². The highest BCUT2D eigenvalue weighted by molar-refractivity contribution is 7.99. The van der Waals surface area contributed by atoms with E-state index in [4.69, 9.17) is 20.9 Å². The summed E-state index contributed by atoms with van der Waals surface area (Å²) in [6.07, 6.45) is -0.454. The Kier molecular flexibility index (Phi) is 10.5. The van der Waals surface area contributed by atoms with E-state index in [1.54, 1.807) is 6.92 Å². The Balaban J connectivity index is 0.000000654. The molecule has 1 atom stereocenters. The third-order valence-electron chi connectivity index (χ3n) is 4.59. The lowest BCUT2D eigenvalue weighted by Crippen LogP contribution is -2.33. The predicted molar refractivity (Wildman–Crippen MR) is 128 cm³/mol. The lowest BCUT2D eigenvalue weighted by atomic mass is 10.1. The molecule has 0 aliphatic carbocycles. The highest BCUT2D eigenvalue weighted by Crippen LogP contribution is 2.33. The van der Waals surface area contributed by atoms with Gasteiger partial charge in [0.2, 0.25) is 5.96 Å². The van der Waals surface area contributed by atoms with Gasteiger partial charge in [0.15, 0.2) is 6.10 Å². The van der Waals surface area contributed by atoms with Crippen LogP contribution in [-0.4, -0.2) is 55.2 Å². The molecule has 0 aromatic heterocycles. The number of fused-ring (bicyclic) bond motifs is 1. The van der Waals surface area contributed by atoms with Crippen molar-refractivity contribution in [2.75, 3.05) is 37.0 Å². The number of thioether (sulfide) groups is 1. The Morgan fingerprint density at radius 2 is 1.91 bits per heavy atom. The van der Waals surface area contributed by atoms with Gasteiger partial charge in [0.05, 0.1) is 12.2 Å². The Hall–Kier alpha value is -3.11. The molecule has 1 aliphatic rings. The summed E-state index contributed by atoms with van der Waals surface area (Å²) in [5.74, 6) is 5.37. The van der Waals surface area contributed by atoms with E-state index >= 15 is 0 Å². The van der Waals surface area contributed by atoms with E-state index in [9.17, 15) is 9.90 Å². The van der Waals surface area contributed by atoms with Crippen molar-refractivity contribution < 1.29 is 19.4 Å². The first-order valence-corrected chi connectivity index (χ1v) is 11.2. The number of hydrogen-bond donors (Lipinski definition) is 4. The molecule has 0 spiro atoms. The minimum absolute atomic E-state index is 0.0926. The van der Waals surface area contributed by atoms with Crippen LogP contribution in [0.5, 0.6) is 5.75 Å². The fourth-order valence-electron chi connectivity index (χ4n) is 3.09. The molecule has 10 heteroatoms. The van der Waals surface area contributed by atoms with Crippen molar-refractivity contribution in [3.8, 4) is 5.75 Å². The van der Waals surface area contributed by atoms with Crippen molar-refractivity contribution in [3.63, 3.8) is 0 Å². The van der Waals surface area contributed by atoms with E-state index in [-0.39, 0.29) is 5.96 Å². The molecule has 0 amide bonds. The van der Waals surface area contributed by atoms with Gasteiger partial charge in [-0.05, 0) is 36.8 Å². The minimum atomic E-state index is -0.933. The second-order valence-electron chi connectivity index (χ2n) is 6.84. The number of rotatable bonds is 9. The molecule has 3 rings (SSSR count). The zero-order valence-corrected chi connectivity index (χ0v) is 19.0. The van der Waals surface area contributed by atoms with Crippen LogP contribution in [0.25, 0.3) is 0 Å². The monoisotopic (exact) mass is 461 g/mol. The summed E-state index contributed by atoms with van der Waals surface area (Å²) in [6.45, 7) is 4.65. The Labute approximate surface area is 192 Å². The standard InChI is InChI=1S/C21H25NO4S.CH6N4/c1-2-25-19(21(23)24)15-16-7-9-17(10-8-16)26-13-11-22-12-14-27-20-6-4-3-5-18(20)22;2-1(3)5-4/h3-10,19H,2,11-15H2,1H3,(H,23,24);4H2,(H4,2,3,5)/t19-;/m0./s1. The smallest absolute Gasteiger partial charge is 0.333 e. The van der Waals surface area contributed by atoms with Crippen LogP contribution in [0.3, 0.4) is 0 Å². The topological polar surface area (TPSA) is 149 Å². The largest absolute Gasteiger partial charge is 0.492 e. The molecule has 7 N–H and O–H groups in total. The van der Waals surface area contributed by atoms with E-state index in [0.717, 1.165) is 30.2 Å². The SMILES string of the molecule is CCO[C@@H](Cc1ccc(OCCN2CCSc3ccccc32)cc1)C(=O)O.NN=C(N)N. The normalized spacial score (nSPS) is 13.2. The average molecular weight is 462 g/mol. The molecule has 1 heterocycles. The van der Waals surface area contributed by atoms with Gasteiger partial charge in [0, 0.05) is 30.2 Å². The number of anilines is 1. The van der Waals surface area contributed by atoms with Crippen molar-refractivity contribution >= 4 is 29.4 Å².